The Hall–Kier alpha value is -0.140. The van der Waals surface area contributed by atoms with Gasteiger partial charge in [0.25, 0.3) is 10.1 Å². The summed E-state index contributed by atoms with van der Waals surface area (Å²) in [5.41, 5.74) is 0. The van der Waals surface area contributed by atoms with Crippen LogP contribution in [0.2, 0.25) is 0 Å². The highest BCUT2D eigenvalue weighted by Crippen LogP contribution is 2.49. The van der Waals surface area contributed by atoms with Crippen molar-refractivity contribution in [3.05, 3.63) is 0 Å². The smallest absolute Gasteiger partial charge is 0.268 e. The Morgan fingerprint density at radius 3 is 2.06 bits per heavy atom. The molecule has 0 aromatic rings. The third kappa shape index (κ3) is 1.89. The van der Waals surface area contributed by atoms with Crippen LogP contribution in [0, 0.1) is 0 Å². The molecule has 0 amide bonds. The monoisotopic (exact) mass is 268 g/mol. The van der Waals surface area contributed by atoms with Crippen LogP contribution in [0.4, 0.5) is 0 Å². The van der Waals surface area contributed by atoms with Crippen molar-refractivity contribution >= 4 is 20.0 Å². The van der Waals surface area contributed by atoms with Gasteiger partial charge in [0, 0.05) is 0 Å². The summed E-state index contributed by atoms with van der Waals surface area (Å²) in [6.07, 6.45) is 3.19. The maximum Gasteiger partial charge on any atom is 0.268 e. The SMILES string of the molecule is COS(=O)(=O)CC1(S(=O)(=O)C2CCC2)CC1. The molecule has 0 bridgehead atoms. The molecule has 0 unspecified atom stereocenters. The van der Waals surface area contributed by atoms with Gasteiger partial charge in [0.2, 0.25) is 0 Å². The molecule has 0 aliphatic heterocycles. The van der Waals surface area contributed by atoms with Gasteiger partial charge in [-0.15, -0.1) is 0 Å². The predicted octanol–water partition coefficient (Wildman–Crippen LogP) is 0.462. The van der Waals surface area contributed by atoms with Crippen molar-refractivity contribution in [2.24, 2.45) is 0 Å². The predicted molar refractivity (Wildman–Crippen MR) is 59.3 cm³/mol. The molecule has 16 heavy (non-hydrogen) atoms. The first-order valence-corrected chi connectivity index (χ1v) is 8.47. The van der Waals surface area contributed by atoms with E-state index in [-0.39, 0.29) is 11.0 Å². The van der Waals surface area contributed by atoms with Crippen molar-refractivity contribution in [1.82, 2.24) is 0 Å². The van der Waals surface area contributed by atoms with Crippen LogP contribution in [0.3, 0.4) is 0 Å². The third-order valence-corrected chi connectivity index (χ3v) is 8.30. The van der Waals surface area contributed by atoms with Crippen LogP contribution in [0.15, 0.2) is 0 Å². The molecule has 2 saturated carbocycles. The minimum atomic E-state index is -3.69. The van der Waals surface area contributed by atoms with Gasteiger partial charge in [0.15, 0.2) is 9.84 Å². The zero-order chi connectivity index (χ0) is 12.0. The van der Waals surface area contributed by atoms with Crippen molar-refractivity contribution < 1.29 is 21.0 Å². The molecule has 0 atom stereocenters. The zero-order valence-corrected chi connectivity index (χ0v) is 10.8. The summed E-state index contributed by atoms with van der Waals surface area (Å²) in [5.74, 6) is -0.380. The van der Waals surface area contributed by atoms with Crippen molar-refractivity contribution in [3.8, 4) is 0 Å². The highest BCUT2D eigenvalue weighted by Gasteiger charge is 2.59. The molecule has 0 saturated heterocycles. The van der Waals surface area contributed by atoms with Gasteiger partial charge in [0.1, 0.15) is 0 Å². The van der Waals surface area contributed by atoms with Crippen LogP contribution in [0.1, 0.15) is 32.1 Å². The van der Waals surface area contributed by atoms with Crippen LogP contribution >= 0.6 is 0 Å². The molecule has 2 aliphatic carbocycles. The molecule has 0 aromatic carbocycles. The molecule has 5 nitrogen and oxygen atoms in total. The van der Waals surface area contributed by atoms with E-state index in [0.29, 0.717) is 25.7 Å². The second-order valence-electron chi connectivity index (χ2n) is 4.65. The molecule has 2 aliphatic rings. The number of hydrogen-bond acceptors (Lipinski definition) is 5. The van der Waals surface area contributed by atoms with Gasteiger partial charge in [-0.3, -0.25) is 4.18 Å². The molecule has 7 heteroatoms. The molecule has 2 fully saturated rings. The maximum absolute atomic E-state index is 12.2. The molecule has 0 N–H and O–H groups in total. The average Bonchev–Trinajstić information content (AvgIpc) is 2.81. The average molecular weight is 268 g/mol. The minimum Gasteiger partial charge on any atom is -0.273 e. The fourth-order valence-electron chi connectivity index (χ4n) is 2.07. The van der Waals surface area contributed by atoms with E-state index in [2.05, 4.69) is 4.18 Å². The maximum atomic E-state index is 12.2. The highest BCUT2D eigenvalue weighted by atomic mass is 32.2. The summed E-state index contributed by atoms with van der Waals surface area (Å²) in [4.78, 5) is 0. The lowest BCUT2D eigenvalue weighted by atomic mass is 10.00. The first kappa shape index (κ1) is 12.3. The van der Waals surface area contributed by atoms with E-state index in [0.717, 1.165) is 13.5 Å². The van der Waals surface area contributed by atoms with Crippen molar-refractivity contribution in [2.75, 3.05) is 12.9 Å². The number of rotatable bonds is 5. The van der Waals surface area contributed by atoms with Gasteiger partial charge in [0.05, 0.1) is 22.9 Å². The number of sulfone groups is 1. The quantitative estimate of drug-likeness (QED) is 0.677. The second-order valence-corrected chi connectivity index (χ2v) is 9.01. The standard InChI is InChI=1S/C9H16O5S2/c1-14-15(10,11)7-9(5-6-9)16(12,13)8-3-2-4-8/h8H,2-7H2,1H3. The fraction of sp³-hybridized carbons (Fsp3) is 1.00. The van der Waals surface area contributed by atoms with Crippen LogP contribution in [-0.2, 0) is 24.1 Å². The lowest BCUT2D eigenvalue weighted by Crippen LogP contribution is -2.42. The van der Waals surface area contributed by atoms with Crippen LogP contribution in [0.5, 0.6) is 0 Å². The van der Waals surface area contributed by atoms with Gasteiger partial charge in [-0.1, -0.05) is 6.42 Å². The molecular weight excluding hydrogens is 252 g/mol. The van der Waals surface area contributed by atoms with E-state index in [1.54, 1.807) is 0 Å². The Balaban J connectivity index is 2.20. The second kappa shape index (κ2) is 3.68. The first-order chi connectivity index (χ1) is 7.33. The summed E-state index contributed by atoms with van der Waals surface area (Å²) in [7, 11) is -5.92. The molecule has 0 heterocycles. The van der Waals surface area contributed by atoms with Gasteiger partial charge in [-0.05, 0) is 25.7 Å². The van der Waals surface area contributed by atoms with Crippen molar-refractivity contribution in [2.45, 2.75) is 42.1 Å². The topological polar surface area (TPSA) is 77.5 Å². The first-order valence-electron chi connectivity index (χ1n) is 5.35. The molecular formula is C9H16O5S2. The van der Waals surface area contributed by atoms with Gasteiger partial charge in [-0.2, -0.15) is 8.42 Å². The Labute approximate surface area is 96.2 Å². The summed E-state index contributed by atoms with van der Waals surface area (Å²) in [6, 6.07) is 0. The zero-order valence-electron chi connectivity index (χ0n) is 9.18. The summed E-state index contributed by atoms with van der Waals surface area (Å²) < 4.78 is 50.3. The Bertz CT molecular complexity index is 468. The van der Waals surface area contributed by atoms with Gasteiger partial charge < -0.3 is 0 Å². The van der Waals surface area contributed by atoms with E-state index in [4.69, 9.17) is 0 Å². The lowest BCUT2D eigenvalue weighted by Gasteiger charge is -2.29. The van der Waals surface area contributed by atoms with Crippen LogP contribution in [0.25, 0.3) is 0 Å². The Morgan fingerprint density at radius 2 is 1.75 bits per heavy atom. The van der Waals surface area contributed by atoms with Gasteiger partial charge in [-0.25, -0.2) is 8.42 Å². The molecule has 0 radical (unpaired) electrons. The van der Waals surface area contributed by atoms with Crippen LogP contribution < -0.4 is 0 Å². The minimum absolute atomic E-state index is 0.318. The van der Waals surface area contributed by atoms with E-state index in [1.807, 2.05) is 0 Å². The Morgan fingerprint density at radius 1 is 1.19 bits per heavy atom. The number of hydrogen-bond donors (Lipinski definition) is 0. The van der Waals surface area contributed by atoms with E-state index < -0.39 is 24.7 Å². The molecule has 94 valence electrons. The fourth-order valence-corrected chi connectivity index (χ4v) is 6.54. The third-order valence-electron chi connectivity index (χ3n) is 3.60. The van der Waals surface area contributed by atoms with E-state index in [1.165, 1.54) is 0 Å². The van der Waals surface area contributed by atoms with Crippen molar-refractivity contribution in [3.63, 3.8) is 0 Å². The van der Waals surface area contributed by atoms with Gasteiger partial charge >= 0.3 is 0 Å². The summed E-state index contributed by atoms with van der Waals surface area (Å²) >= 11 is 0. The molecule has 0 aromatic heterocycles. The normalized spacial score (nSPS) is 25.1. The molecule has 0 spiro atoms. The largest absolute Gasteiger partial charge is 0.273 e. The van der Waals surface area contributed by atoms with Crippen LogP contribution in [-0.4, -0.2) is 39.7 Å². The summed E-state index contributed by atoms with van der Waals surface area (Å²) in [6.45, 7) is 0. The van der Waals surface area contributed by atoms with E-state index in [9.17, 15) is 16.8 Å². The summed E-state index contributed by atoms with van der Waals surface area (Å²) in [5, 5.41) is -0.318. The highest BCUT2D eigenvalue weighted by molar-refractivity contribution is 7.95. The Kier molecular flexibility index (Phi) is 2.83. The lowest BCUT2D eigenvalue weighted by molar-refractivity contribution is 0.395. The molecule has 2 rings (SSSR count). The van der Waals surface area contributed by atoms with E-state index >= 15 is 0 Å². The van der Waals surface area contributed by atoms with Crippen molar-refractivity contribution in [1.29, 1.82) is 0 Å².